The Labute approximate surface area is 110 Å². The molecule has 0 aliphatic carbocycles. The minimum atomic E-state index is -0.895. The third-order valence-corrected chi connectivity index (χ3v) is 2.83. The molecule has 2 rings (SSSR count). The van der Waals surface area contributed by atoms with E-state index in [0.29, 0.717) is 17.9 Å². The molecule has 1 atom stereocenters. The molecular weight excluding hydrogens is 248 g/mol. The number of rotatable bonds is 4. The topological polar surface area (TPSA) is 35.2 Å². The van der Waals surface area contributed by atoms with E-state index >= 15 is 0 Å². The molecule has 2 aromatic rings. The lowest BCUT2D eigenvalue weighted by atomic mass is 9.99. The molecule has 0 amide bonds. The normalized spacial score (nSPS) is 12.2. The van der Waals surface area contributed by atoms with E-state index in [9.17, 15) is 8.78 Å². The fraction of sp³-hybridized carbons (Fsp3) is 0.200. The van der Waals surface area contributed by atoms with E-state index in [1.807, 2.05) is 25.1 Å². The van der Waals surface area contributed by atoms with Crippen molar-refractivity contribution in [1.29, 1.82) is 0 Å². The van der Waals surface area contributed by atoms with Crippen LogP contribution in [0.1, 0.15) is 24.1 Å². The summed E-state index contributed by atoms with van der Waals surface area (Å²) in [4.78, 5) is 0. The van der Waals surface area contributed by atoms with Crippen molar-refractivity contribution in [2.24, 2.45) is 5.73 Å². The van der Waals surface area contributed by atoms with Crippen molar-refractivity contribution >= 4 is 0 Å². The molecule has 2 N–H and O–H groups in total. The Morgan fingerprint density at radius 3 is 2.47 bits per heavy atom. The molecule has 0 aromatic heterocycles. The lowest BCUT2D eigenvalue weighted by molar-refractivity contribution is 0.340. The van der Waals surface area contributed by atoms with Crippen LogP contribution in [0.2, 0.25) is 0 Å². The van der Waals surface area contributed by atoms with Gasteiger partial charge in [-0.25, -0.2) is 8.78 Å². The Hall–Kier alpha value is -1.94. The van der Waals surface area contributed by atoms with E-state index in [2.05, 4.69) is 0 Å². The smallest absolute Gasteiger partial charge is 0.159 e. The second kappa shape index (κ2) is 5.80. The van der Waals surface area contributed by atoms with Crippen LogP contribution >= 0.6 is 0 Å². The number of hydrogen-bond donors (Lipinski definition) is 1. The molecule has 0 radical (unpaired) electrons. The Bertz CT molecular complexity index is 572. The van der Waals surface area contributed by atoms with Crippen LogP contribution in [-0.2, 0) is 0 Å². The molecule has 19 heavy (non-hydrogen) atoms. The van der Waals surface area contributed by atoms with Crippen LogP contribution in [0.4, 0.5) is 8.78 Å². The molecule has 2 nitrogen and oxygen atoms in total. The molecule has 100 valence electrons. The van der Waals surface area contributed by atoms with Crippen molar-refractivity contribution in [3.8, 4) is 5.75 Å². The molecule has 0 bridgehead atoms. The molecule has 0 aliphatic heterocycles. The summed E-state index contributed by atoms with van der Waals surface area (Å²) in [7, 11) is 0. The molecule has 0 spiro atoms. The summed E-state index contributed by atoms with van der Waals surface area (Å²) in [6.07, 6.45) is 0. The quantitative estimate of drug-likeness (QED) is 0.917. The molecule has 0 saturated heterocycles. The van der Waals surface area contributed by atoms with Gasteiger partial charge in [0, 0.05) is 0 Å². The summed E-state index contributed by atoms with van der Waals surface area (Å²) < 4.78 is 31.5. The zero-order chi connectivity index (χ0) is 13.8. The van der Waals surface area contributed by atoms with Gasteiger partial charge in [-0.3, -0.25) is 0 Å². The van der Waals surface area contributed by atoms with Crippen LogP contribution in [-0.4, -0.2) is 6.61 Å². The maximum atomic E-state index is 13.2. The van der Waals surface area contributed by atoms with Gasteiger partial charge in [0.15, 0.2) is 11.6 Å². The van der Waals surface area contributed by atoms with Gasteiger partial charge >= 0.3 is 0 Å². The van der Waals surface area contributed by atoms with Gasteiger partial charge in [0.05, 0.1) is 12.6 Å². The fourth-order valence-electron chi connectivity index (χ4n) is 1.86. The summed E-state index contributed by atoms with van der Waals surface area (Å²) in [5, 5.41) is 0. The van der Waals surface area contributed by atoms with Crippen molar-refractivity contribution in [3.63, 3.8) is 0 Å². The Morgan fingerprint density at radius 1 is 1.05 bits per heavy atom. The standard InChI is InChI=1S/C15H15F2NO/c1-2-19-12-5-3-4-10(8-12)15(18)11-6-7-13(16)14(17)9-11/h3-9,15H,2,18H2,1H3. The maximum Gasteiger partial charge on any atom is 0.159 e. The van der Waals surface area contributed by atoms with E-state index in [1.165, 1.54) is 6.07 Å². The van der Waals surface area contributed by atoms with Crippen LogP contribution in [0.5, 0.6) is 5.75 Å². The molecule has 0 fully saturated rings. The lowest BCUT2D eigenvalue weighted by Crippen LogP contribution is -2.12. The third kappa shape index (κ3) is 3.09. The van der Waals surface area contributed by atoms with Crippen molar-refractivity contribution in [2.75, 3.05) is 6.61 Å². The van der Waals surface area contributed by atoms with Gasteiger partial charge in [-0.15, -0.1) is 0 Å². The van der Waals surface area contributed by atoms with Gasteiger partial charge in [0.1, 0.15) is 5.75 Å². The molecular formula is C15H15F2NO. The summed E-state index contributed by atoms with van der Waals surface area (Å²) in [6.45, 7) is 2.45. The van der Waals surface area contributed by atoms with E-state index in [0.717, 1.165) is 17.7 Å². The average molecular weight is 263 g/mol. The fourth-order valence-corrected chi connectivity index (χ4v) is 1.86. The van der Waals surface area contributed by atoms with Gasteiger partial charge in [0.2, 0.25) is 0 Å². The SMILES string of the molecule is CCOc1cccc(C(N)c2ccc(F)c(F)c2)c1. The molecule has 0 aliphatic rings. The second-order valence-corrected chi connectivity index (χ2v) is 4.16. The molecule has 0 heterocycles. The molecule has 2 aromatic carbocycles. The van der Waals surface area contributed by atoms with Crippen molar-refractivity contribution < 1.29 is 13.5 Å². The Balaban J connectivity index is 2.29. The summed E-state index contributed by atoms with van der Waals surface area (Å²) in [5.74, 6) is -1.06. The van der Waals surface area contributed by atoms with Crippen LogP contribution < -0.4 is 10.5 Å². The van der Waals surface area contributed by atoms with Crippen LogP contribution in [0.15, 0.2) is 42.5 Å². The van der Waals surface area contributed by atoms with Gasteiger partial charge in [0.25, 0.3) is 0 Å². The van der Waals surface area contributed by atoms with Crippen LogP contribution in [0.25, 0.3) is 0 Å². The summed E-state index contributed by atoms with van der Waals surface area (Å²) in [6, 6.07) is 10.4. The van der Waals surface area contributed by atoms with Crippen molar-refractivity contribution in [3.05, 3.63) is 65.2 Å². The van der Waals surface area contributed by atoms with Gasteiger partial charge in [-0.2, -0.15) is 0 Å². The number of benzene rings is 2. The van der Waals surface area contributed by atoms with E-state index < -0.39 is 17.7 Å². The maximum absolute atomic E-state index is 13.2. The predicted molar refractivity (Wildman–Crippen MR) is 70.0 cm³/mol. The van der Waals surface area contributed by atoms with Gasteiger partial charge in [-0.05, 0) is 42.3 Å². The summed E-state index contributed by atoms with van der Waals surface area (Å²) in [5.41, 5.74) is 7.37. The Kier molecular flexibility index (Phi) is 4.12. The molecule has 4 heteroatoms. The highest BCUT2D eigenvalue weighted by molar-refractivity contribution is 5.36. The highest BCUT2D eigenvalue weighted by atomic mass is 19.2. The largest absolute Gasteiger partial charge is 0.494 e. The van der Waals surface area contributed by atoms with Crippen LogP contribution in [0.3, 0.4) is 0 Å². The van der Waals surface area contributed by atoms with Crippen LogP contribution in [0, 0.1) is 11.6 Å². The predicted octanol–water partition coefficient (Wildman–Crippen LogP) is 3.41. The van der Waals surface area contributed by atoms with E-state index in [1.54, 1.807) is 6.07 Å². The first-order valence-electron chi connectivity index (χ1n) is 6.05. The molecule has 0 saturated carbocycles. The van der Waals surface area contributed by atoms with Gasteiger partial charge < -0.3 is 10.5 Å². The number of hydrogen-bond acceptors (Lipinski definition) is 2. The van der Waals surface area contributed by atoms with Gasteiger partial charge in [-0.1, -0.05) is 18.2 Å². The van der Waals surface area contributed by atoms with Crippen molar-refractivity contribution in [1.82, 2.24) is 0 Å². The zero-order valence-electron chi connectivity index (χ0n) is 10.6. The lowest BCUT2D eigenvalue weighted by Gasteiger charge is -2.14. The number of nitrogens with two attached hydrogens (primary N) is 1. The minimum absolute atomic E-state index is 0.518. The zero-order valence-corrected chi connectivity index (χ0v) is 10.6. The highest BCUT2D eigenvalue weighted by Crippen LogP contribution is 2.24. The molecule has 1 unspecified atom stereocenters. The Morgan fingerprint density at radius 2 is 1.79 bits per heavy atom. The minimum Gasteiger partial charge on any atom is -0.494 e. The first-order chi connectivity index (χ1) is 9.11. The highest BCUT2D eigenvalue weighted by Gasteiger charge is 2.12. The van der Waals surface area contributed by atoms with E-state index in [-0.39, 0.29) is 0 Å². The summed E-state index contributed by atoms with van der Waals surface area (Å²) >= 11 is 0. The second-order valence-electron chi connectivity index (χ2n) is 4.16. The van der Waals surface area contributed by atoms with Crippen molar-refractivity contribution in [2.45, 2.75) is 13.0 Å². The number of ether oxygens (including phenoxy) is 1. The van der Waals surface area contributed by atoms with E-state index in [4.69, 9.17) is 10.5 Å². The first kappa shape index (κ1) is 13.5. The number of halogens is 2. The first-order valence-corrected chi connectivity index (χ1v) is 6.05. The average Bonchev–Trinajstić information content (AvgIpc) is 2.42. The third-order valence-electron chi connectivity index (χ3n) is 2.83. The monoisotopic (exact) mass is 263 g/mol.